The SMILES string of the molecule is CCN(CC)C(CNC(=O)OC(C)(C)C)c1ccccc1. The number of alkyl carbamates (subject to hydrolysis) is 1. The van der Waals surface area contributed by atoms with Crippen LogP contribution in [-0.2, 0) is 4.74 Å². The third-order valence-electron chi connectivity index (χ3n) is 3.28. The molecular formula is C17H28N2O2. The van der Waals surface area contributed by atoms with Crippen molar-refractivity contribution in [3.63, 3.8) is 0 Å². The number of hydrogen-bond acceptors (Lipinski definition) is 3. The Kier molecular flexibility index (Phi) is 6.69. The van der Waals surface area contributed by atoms with Crippen LogP contribution in [0.4, 0.5) is 4.79 Å². The van der Waals surface area contributed by atoms with Gasteiger partial charge in [0, 0.05) is 6.54 Å². The van der Waals surface area contributed by atoms with Crippen LogP contribution in [0, 0.1) is 0 Å². The molecule has 0 heterocycles. The summed E-state index contributed by atoms with van der Waals surface area (Å²) in [7, 11) is 0. The van der Waals surface area contributed by atoms with Crippen molar-refractivity contribution < 1.29 is 9.53 Å². The van der Waals surface area contributed by atoms with Crippen molar-refractivity contribution in [1.29, 1.82) is 0 Å². The van der Waals surface area contributed by atoms with Crippen LogP contribution in [-0.4, -0.2) is 36.2 Å². The summed E-state index contributed by atoms with van der Waals surface area (Å²) in [5.74, 6) is 0. The van der Waals surface area contributed by atoms with Crippen LogP contribution in [0.3, 0.4) is 0 Å². The normalized spacial score (nSPS) is 13.0. The fourth-order valence-corrected chi connectivity index (χ4v) is 2.29. The number of nitrogens with one attached hydrogen (secondary N) is 1. The van der Waals surface area contributed by atoms with Crippen LogP contribution in [0.5, 0.6) is 0 Å². The topological polar surface area (TPSA) is 41.6 Å². The van der Waals surface area contributed by atoms with E-state index in [1.165, 1.54) is 5.56 Å². The van der Waals surface area contributed by atoms with Crippen LogP contribution in [0.2, 0.25) is 0 Å². The maximum atomic E-state index is 11.8. The van der Waals surface area contributed by atoms with E-state index in [0.29, 0.717) is 6.54 Å². The van der Waals surface area contributed by atoms with Gasteiger partial charge in [0.2, 0.25) is 0 Å². The zero-order valence-corrected chi connectivity index (χ0v) is 13.8. The molecule has 0 fully saturated rings. The number of likely N-dealkylation sites (N-methyl/N-ethyl adjacent to an activating group) is 1. The van der Waals surface area contributed by atoms with Crippen molar-refractivity contribution >= 4 is 6.09 Å². The Hall–Kier alpha value is -1.55. The average molecular weight is 292 g/mol. The number of amides is 1. The van der Waals surface area contributed by atoms with Crippen LogP contribution in [0.15, 0.2) is 30.3 Å². The summed E-state index contributed by atoms with van der Waals surface area (Å²) in [6.45, 7) is 12.3. The van der Waals surface area contributed by atoms with Gasteiger partial charge in [-0.05, 0) is 39.4 Å². The second-order valence-corrected chi connectivity index (χ2v) is 6.03. The zero-order chi connectivity index (χ0) is 15.9. The lowest BCUT2D eigenvalue weighted by molar-refractivity contribution is 0.0508. The van der Waals surface area contributed by atoms with Gasteiger partial charge in [-0.25, -0.2) is 4.79 Å². The van der Waals surface area contributed by atoms with Gasteiger partial charge < -0.3 is 10.1 Å². The zero-order valence-electron chi connectivity index (χ0n) is 13.8. The quantitative estimate of drug-likeness (QED) is 0.871. The number of ether oxygens (including phenoxy) is 1. The Morgan fingerprint density at radius 3 is 2.24 bits per heavy atom. The highest BCUT2D eigenvalue weighted by molar-refractivity contribution is 5.67. The lowest BCUT2D eigenvalue weighted by Gasteiger charge is -2.30. The number of carbonyl (C=O) groups excluding carboxylic acids is 1. The molecule has 21 heavy (non-hydrogen) atoms. The van der Waals surface area contributed by atoms with Gasteiger partial charge in [0.25, 0.3) is 0 Å². The highest BCUT2D eigenvalue weighted by atomic mass is 16.6. The van der Waals surface area contributed by atoms with Gasteiger partial charge in [0.05, 0.1) is 6.04 Å². The highest BCUT2D eigenvalue weighted by Gasteiger charge is 2.21. The lowest BCUT2D eigenvalue weighted by atomic mass is 10.1. The molecule has 0 bridgehead atoms. The van der Waals surface area contributed by atoms with Crippen LogP contribution < -0.4 is 5.32 Å². The van der Waals surface area contributed by atoms with Gasteiger partial charge in [-0.3, -0.25) is 4.90 Å². The average Bonchev–Trinajstić information content (AvgIpc) is 2.42. The molecule has 1 amide bonds. The van der Waals surface area contributed by atoms with Gasteiger partial charge in [-0.15, -0.1) is 0 Å². The molecule has 0 spiro atoms. The standard InChI is InChI=1S/C17H28N2O2/c1-6-19(7-2)15(14-11-9-8-10-12-14)13-18-16(20)21-17(3,4)5/h8-12,15H,6-7,13H2,1-5H3,(H,18,20). The van der Waals surface area contributed by atoms with Crippen molar-refractivity contribution in [2.24, 2.45) is 0 Å². The fraction of sp³-hybridized carbons (Fsp3) is 0.588. The first-order valence-corrected chi connectivity index (χ1v) is 7.63. The monoisotopic (exact) mass is 292 g/mol. The van der Waals surface area contributed by atoms with Crippen LogP contribution in [0.25, 0.3) is 0 Å². The number of nitrogens with zero attached hydrogens (tertiary/aromatic N) is 1. The molecule has 1 aromatic rings. The lowest BCUT2D eigenvalue weighted by Crippen LogP contribution is -2.40. The Labute approximate surface area is 128 Å². The van der Waals surface area contributed by atoms with E-state index in [0.717, 1.165) is 13.1 Å². The van der Waals surface area contributed by atoms with E-state index in [1.54, 1.807) is 0 Å². The molecule has 1 unspecified atom stereocenters. The summed E-state index contributed by atoms with van der Waals surface area (Å²) in [4.78, 5) is 14.2. The molecular weight excluding hydrogens is 264 g/mol. The summed E-state index contributed by atoms with van der Waals surface area (Å²) in [5, 5.41) is 2.88. The fourth-order valence-electron chi connectivity index (χ4n) is 2.29. The number of carbonyl (C=O) groups is 1. The van der Waals surface area contributed by atoms with Crippen molar-refractivity contribution in [1.82, 2.24) is 10.2 Å². The molecule has 4 nitrogen and oxygen atoms in total. The predicted molar refractivity (Wildman–Crippen MR) is 86.3 cm³/mol. The van der Waals surface area contributed by atoms with E-state index in [4.69, 9.17) is 4.74 Å². The molecule has 0 aliphatic carbocycles. The van der Waals surface area contributed by atoms with Crippen LogP contribution >= 0.6 is 0 Å². The summed E-state index contributed by atoms with van der Waals surface area (Å²) in [5.41, 5.74) is 0.735. The molecule has 1 rings (SSSR count). The third-order valence-corrected chi connectivity index (χ3v) is 3.28. The summed E-state index contributed by atoms with van der Waals surface area (Å²) in [6, 6.07) is 10.4. The molecule has 118 valence electrons. The molecule has 0 saturated carbocycles. The van der Waals surface area contributed by atoms with Gasteiger partial charge >= 0.3 is 6.09 Å². The van der Waals surface area contributed by atoms with Crippen molar-refractivity contribution in [3.8, 4) is 0 Å². The largest absolute Gasteiger partial charge is 0.444 e. The van der Waals surface area contributed by atoms with E-state index >= 15 is 0 Å². The van der Waals surface area contributed by atoms with E-state index in [9.17, 15) is 4.79 Å². The molecule has 0 saturated heterocycles. The second-order valence-electron chi connectivity index (χ2n) is 6.03. The van der Waals surface area contributed by atoms with Gasteiger partial charge in [0.15, 0.2) is 0 Å². The van der Waals surface area contributed by atoms with Gasteiger partial charge in [-0.1, -0.05) is 44.2 Å². The Bertz CT molecular complexity index is 422. The molecule has 1 N–H and O–H groups in total. The third kappa shape index (κ3) is 6.17. The molecule has 0 aliphatic heterocycles. The Balaban J connectivity index is 2.73. The minimum Gasteiger partial charge on any atom is -0.444 e. The minimum absolute atomic E-state index is 0.161. The highest BCUT2D eigenvalue weighted by Crippen LogP contribution is 2.19. The minimum atomic E-state index is -0.471. The molecule has 4 heteroatoms. The number of benzene rings is 1. The van der Waals surface area contributed by atoms with E-state index in [1.807, 2.05) is 39.0 Å². The maximum Gasteiger partial charge on any atom is 0.407 e. The first-order chi connectivity index (χ1) is 9.87. The first kappa shape index (κ1) is 17.5. The first-order valence-electron chi connectivity index (χ1n) is 7.63. The molecule has 1 aromatic carbocycles. The van der Waals surface area contributed by atoms with Crippen molar-refractivity contribution in [3.05, 3.63) is 35.9 Å². The molecule has 0 aliphatic rings. The smallest absolute Gasteiger partial charge is 0.407 e. The summed E-state index contributed by atoms with van der Waals surface area (Å²) >= 11 is 0. The molecule has 0 aromatic heterocycles. The molecule has 0 radical (unpaired) electrons. The van der Waals surface area contributed by atoms with E-state index < -0.39 is 5.60 Å². The Morgan fingerprint density at radius 1 is 1.19 bits per heavy atom. The second kappa shape index (κ2) is 8.03. The van der Waals surface area contributed by atoms with E-state index in [-0.39, 0.29) is 12.1 Å². The van der Waals surface area contributed by atoms with E-state index in [2.05, 4.69) is 36.2 Å². The maximum absolute atomic E-state index is 11.8. The molecule has 1 atom stereocenters. The summed E-state index contributed by atoms with van der Waals surface area (Å²) < 4.78 is 5.30. The number of rotatable bonds is 6. The van der Waals surface area contributed by atoms with Gasteiger partial charge in [0.1, 0.15) is 5.60 Å². The predicted octanol–water partition coefficient (Wildman–Crippen LogP) is 3.59. The number of hydrogen-bond donors (Lipinski definition) is 1. The Morgan fingerprint density at radius 2 is 1.76 bits per heavy atom. The van der Waals surface area contributed by atoms with Crippen molar-refractivity contribution in [2.45, 2.75) is 46.3 Å². The summed E-state index contributed by atoms with van der Waals surface area (Å²) in [6.07, 6.45) is -0.365. The van der Waals surface area contributed by atoms with Crippen molar-refractivity contribution in [2.75, 3.05) is 19.6 Å². The van der Waals surface area contributed by atoms with Gasteiger partial charge in [-0.2, -0.15) is 0 Å². The van der Waals surface area contributed by atoms with Crippen LogP contribution in [0.1, 0.15) is 46.2 Å².